The standard InChI is InChI=1S/C27H25F3N4O3/c1-15-9-16(3-7-20(15)27(35)33-17-4-5-17)23-12-32-26-22(31-13-25(29)30)11-19(14-34(23)26)37-18-6-8-24(36-2)21(28)10-18/h3,6-12,14,17,25,31H,4-5,13H2,1-2H3,(H,33,35). The molecule has 37 heavy (non-hydrogen) atoms. The van der Waals surface area contributed by atoms with Gasteiger partial charge in [0.25, 0.3) is 12.3 Å². The summed E-state index contributed by atoms with van der Waals surface area (Å²) in [6.45, 7) is 1.28. The van der Waals surface area contributed by atoms with Gasteiger partial charge in [0.1, 0.15) is 11.5 Å². The van der Waals surface area contributed by atoms with E-state index in [-0.39, 0.29) is 29.2 Å². The minimum atomic E-state index is -2.58. The summed E-state index contributed by atoms with van der Waals surface area (Å²) >= 11 is 0. The minimum Gasteiger partial charge on any atom is -0.494 e. The molecule has 2 N–H and O–H groups in total. The number of rotatable bonds is 9. The zero-order chi connectivity index (χ0) is 26.1. The Kier molecular flexibility index (Phi) is 6.64. The van der Waals surface area contributed by atoms with Crippen molar-refractivity contribution in [3.63, 3.8) is 0 Å². The van der Waals surface area contributed by atoms with Crippen molar-refractivity contribution in [1.82, 2.24) is 14.7 Å². The smallest absolute Gasteiger partial charge is 0.255 e. The van der Waals surface area contributed by atoms with E-state index in [1.165, 1.54) is 25.3 Å². The van der Waals surface area contributed by atoms with Crippen molar-refractivity contribution < 1.29 is 27.4 Å². The van der Waals surface area contributed by atoms with E-state index in [1.54, 1.807) is 28.9 Å². The molecule has 5 rings (SSSR count). The predicted octanol–water partition coefficient (Wildman–Crippen LogP) is 5.82. The second kappa shape index (κ2) is 10.0. The molecular formula is C27H25F3N4O3. The van der Waals surface area contributed by atoms with Gasteiger partial charge in [0.2, 0.25) is 0 Å². The molecule has 0 atom stereocenters. The topological polar surface area (TPSA) is 76.9 Å². The average Bonchev–Trinajstić information content (AvgIpc) is 3.57. The lowest BCUT2D eigenvalue weighted by atomic mass is 10.0. The van der Waals surface area contributed by atoms with Gasteiger partial charge in [0.05, 0.1) is 37.4 Å². The summed E-state index contributed by atoms with van der Waals surface area (Å²) < 4.78 is 52.7. The number of carbonyl (C=O) groups excluding carboxylic acids is 1. The number of nitrogens with one attached hydrogen (secondary N) is 2. The third-order valence-electron chi connectivity index (χ3n) is 6.07. The van der Waals surface area contributed by atoms with E-state index in [0.29, 0.717) is 22.6 Å². The van der Waals surface area contributed by atoms with Crippen molar-refractivity contribution in [3.8, 4) is 28.5 Å². The molecule has 1 aliphatic rings. The number of ether oxygens (including phenoxy) is 2. The summed E-state index contributed by atoms with van der Waals surface area (Å²) in [5, 5.41) is 5.70. The first-order valence-corrected chi connectivity index (χ1v) is 11.8. The Balaban J connectivity index is 1.52. The minimum absolute atomic E-state index is 0.0728. The molecule has 2 aromatic carbocycles. The molecular weight excluding hydrogens is 485 g/mol. The highest BCUT2D eigenvalue weighted by Gasteiger charge is 2.24. The summed E-state index contributed by atoms with van der Waals surface area (Å²) in [5.74, 6) is -0.137. The lowest BCUT2D eigenvalue weighted by Crippen LogP contribution is -2.26. The number of nitrogens with zero attached hydrogens (tertiary/aromatic N) is 2. The number of fused-ring (bicyclic) bond motifs is 1. The van der Waals surface area contributed by atoms with Gasteiger partial charge in [0.15, 0.2) is 17.2 Å². The predicted molar refractivity (Wildman–Crippen MR) is 133 cm³/mol. The second-order valence-corrected chi connectivity index (χ2v) is 8.87. The number of carbonyl (C=O) groups is 1. The Morgan fingerprint density at radius 3 is 2.65 bits per heavy atom. The molecule has 0 bridgehead atoms. The molecule has 7 nitrogen and oxygen atoms in total. The maximum Gasteiger partial charge on any atom is 0.255 e. The van der Waals surface area contributed by atoms with Crippen LogP contribution in [0, 0.1) is 12.7 Å². The van der Waals surface area contributed by atoms with Crippen molar-refractivity contribution in [3.05, 3.63) is 71.8 Å². The molecule has 10 heteroatoms. The van der Waals surface area contributed by atoms with Crippen molar-refractivity contribution in [2.75, 3.05) is 19.0 Å². The summed E-state index contributed by atoms with van der Waals surface area (Å²) in [6, 6.07) is 11.4. The van der Waals surface area contributed by atoms with Gasteiger partial charge in [-0.2, -0.15) is 0 Å². The summed E-state index contributed by atoms with van der Waals surface area (Å²) in [4.78, 5) is 17.0. The van der Waals surface area contributed by atoms with Gasteiger partial charge in [0, 0.05) is 29.3 Å². The molecule has 2 heterocycles. The molecule has 0 spiro atoms. The fourth-order valence-electron chi connectivity index (χ4n) is 4.06. The number of aromatic nitrogens is 2. The fourth-order valence-corrected chi connectivity index (χ4v) is 4.06. The van der Waals surface area contributed by atoms with Gasteiger partial charge in [-0.3, -0.25) is 9.20 Å². The zero-order valence-corrected chi connectivity index (χ0v) is 20.2. The van der Waals surface area contributed by atoms with Gasteiger partial charge >= 0.3 is 0 Å². The van der Waals surface area contributed by atoms with Gasteiger partial charge in [-0.15, -0.1) is 0 Å². The lowest BCUT2D eigenvalue weighted by molar-refractivity contribution is 0.0950. The molecule has 4 aromatic rings. The van der Waals surface area contributed by atoms with Crippen molar-refractivity contribution in [2.24, 2.45) is 0 Å². The van der Waals surface area contributed by atoms with Gasteiger partial charge in [-0.05, 0) is 49.6 Å². The monoisotopic (exact) mass is 510 g/mol. The van der Waals surface area contributed by atoms with Crippen LogP contribution in [-0.2, 0) is 0 Å². The number of pyridine rings is 1. The second-order valence-electron chi connectivity index (χ2n) is 8.87. The highest BCUT2D eigenvalue weighted by Crippen LogP contribution is 2.33. The van der Waals surface area contributed by atoms with Crippen LogP contribution in [0.15, 0.2) is 54.9 Å². The van der Waals surface area contributed by atoms with Crippen LogP contribution in [0.25, 0.3) is 16.9 Å². The van der Waals surface area contributed by atoms with Crippen LogP contribution in [0.5, 0.6) is 17.2 Å². The quantitative estimate of drug-likeness (QED) is 0.297. The number of hydrogen-bond donors (Lipinski definition) is 2. The molecule has 0 unspecified atom stereocenters. The number of amides is 1. The van der Waals surface area contributed by atoms with E-state index in [2.05, 4.69) is 15.6 Å². The Labute approximate surface area is 211 Å². The summed E-state index contributed by atoms with van der Waals surface area (Å²) in [5.41, 5.74) is 3.57. The third-order valence-corrected chi connectivity index (χ3v) is 6.07. The number of imidazole rings is 1. The normalized spacial score (nSPS) is 13.1. The largest absolute Gasteiger partial charge is 0.494 e. The van der Waals surface area contributed by atoms with Crippen molar-refractivity contribution in [2.45, 2.75) is 32.2 Å². The Morgan fingerprint density at radius 2 is 1.97 bits per heavy atom. The first-order valence-electron chi connectivity index (χ1n) is 11.8. The van der Waals surface area contributed by atoms with Crippen LogP contribution < -0.4 is 20.1 Å². The number of anilines is 1. The van der Waals surface area contributed by atoms with Crippen molar-refractivity contribution >= 4 is 17.2 Å². The Hall–Kier alpha value is -4.21. The number of halogens is 3. The first-order chi connectivity index (χ1) is 17.8. The maximum absolute atomic E-state index is 14.2. The molecule has 0 radical (unpaired) electrons. The van der Waals surface area contributed by atoms with E-state index in [4.69, 9.17) is 9.47 Å². The molecule has 1 saturated carbocycles. The summed E-state index contributed by atoms with van der Waals surface area (Å²) in [7, 11) is 1.36. The fraction of sp³-hybridized carbons (Fsp3) is 0.259. The van der Waals surface area contributed by atoms with E-state index < -0.39 is 18.8 Å². The number of benzene rings is 2. The van der Waals surface area contributed by atoms with Crippen LogP contribution >= 0.6 is 0 Å². The van der Waals surface area contributed by atoms with Gasteiger partial charge in [-0.25, -0.2) is 18.2 Å². The Morgan fingerprint density at radius 1 is 1.16 bits per heavy atom. The summed E-state index contributed by atoms with van der Waals surface area (Å²) in [6.07, 6.45) is 2.70. The molecule has 0 saturated heterocycles. The van der Waals surface area contributed by atoms with E-state index in [9.17, 15) is 18.0 Å². The maximum atomic E-state index is 14.2. The van der Waals surface area contributed by atoms with E-state index in [0.717, 1.165) is 24.0 Å². The number of hydrogen-bond acceptors (Lipinski definition) is 5. The van der Waals surface area contributed by atoms with Crippen LogP contribution in [0.4, 0.5) is 18.9 Å². The highest BCUT2D eigenvalue weighted by molar-refractivity contribution is 5.96. The van der Waals surface area contributed by atoms with E-state index in [1.807, 2.05) is 19.1 Å². The van der Waals surface area contributed by atoms with Gasteiger partial charge in [-0.1, -0.05) is 6.07 Å². The number of alkyl halides is 2. The number of aryl methyl sites for hydroxylation is 1. The third kappa shape index (κ3) is 5.32. The van der Waals surface area contributed by atoms with Gasteiger partial charge < -0.3 is 20.1 Å². The lowest BCUT2D eigenvalue weighted by Gasteiger charge is -2.14. The van der Waals surface area contributed by atoms with E-state index >= 15 is 0 Å². The molecule has 0 aliphatic heterocycles. The van der Waals surface area contributed by atoms with Crippen LogP contribution in [0.3, 0.4) is 0 Å². The first kappa shape index (κ1) is 24.5. The number of methoxy groups -OCH3 is 1. The SMILES string of the molecule is COc1ccc(Oc2cc(NCC(F)F)c3ncc(-c4ccc(C(=O)NC5CC5)c(C)c4)n3c2)cc1F. The zero-order valence-electron chi connectivity index (χ0n) is 20.2. The van der Waals surface area contributed by atoms with Crippen molar-refractivity contribution in [1.29, 1.82) is 0 Å². The average molecular weight is 511 g/mol. The molecule has 1 fully saturated rings. The molecule has 192 valence electrons. The van der Waals surface area contributed by atoms with Crippen LogP contribution in [-0.4, -0.2) is 41.4 Å². The molecule has 2 aromatic heterocycles. The highest BCUT2D eigenvalue weighted by atomic mass is 19.3. The molecule has 1 aliphatic carbocycles. The van der Waals surface area contributed by atoms with Crippen LogP contribution in [0.1, 0.15) is 28.8 Å². The molecule has 1 amide bonds. The Bertz CT molecular complexity index is 1470. The van der Waals surface area contributed by atoms with Crippen LogP contribution in [0.2, 0.25) is 0 Å².